The molecule has 1 heterocycles. The van der Waals surface area contributed by atoms with E-state index in [2.05, 4.69) is 4.74 Å². The molecule has 0 spiro atoms. The van der Waals surface area contributed by atoms with E-state index in [0.29, 0.717) is 12.1 Å². The quantitative estimate of drug-likeness (QED) is 0.821. The third kappa shape index (κ3) is 4.87. The molecule has 2 fully saturated rings. The molecule has 3 rings (SSSR count). The molecule has 1 aromatic carbocycles. The lowest BCUT2D eigenvalue weighted by molar-refractivity contribution is -0.274. The number of halogens is 3. The van der Waals surface area contributed by atoms with Crippen LogP contribution in [0.3, 0.4) is 0 Å². The molecular weight excluding hydrogens is 323 g/mol. The summed E-state index contributed by atoms with van der Waals surface area (Å²) in [6, 6.07) is 5.78. The molecule has 1 saturated heterocycles. The maximum absolute atomic E-state index is 12.2. The van der Waals surface area contributed by atoms with E-state index in [-0.39, 0.29) is 30.3 Å². The van der Waals surface area contributed by atoms with Crippen LogP contribution in [0.15, 0.2) is 24.3 Å². The fourth-order valence-corrected chi connectivity index (χ4v) is 2.91. The van der Waals surface area contributed by atoms with Crippen LogP contribution < -0.4 is 4.74 Å². The molecule has 24 heavy (non-hydrogen) atoms. The van der Waals surface area contributed by atoms with Crippen molar-refractivity contribution >= 4 is 5.91 Å². The minimum Gasteiger partial charge on any atom is -0.406 e. The number of rotatable bonds is 5. The van der Waals surface area contributed by atoms with Gasteiger partial charge in [-0.2, -0.15) is 0 Å². The van der Waals surface area contributed by atoms with E-state index in [9.17, 15) is 18.0 Å². The Labute approximate surface area is 138 Å². The van der Waals surface area contributed by atoms with Crippen LogP contribution in [0, 0.1) is 5.92 Å². The highest BCUT2D eigenvalue weighted by atomic mass is 19.4. The van der Waals surface area contributed by atoms with E-state index < -0.39 is 6.36 Å². The van der Waals surface area contributed by atoms with Crippen molar-refractivity contribution < 1.29 is 27.4 Å². The zero-order chi connectivity index (χ0) is 17.2. The highest BCUT2D eigenvalue weighted by molar-refractivity contribution is 5.81. The molecule has 0 radical (unpaired) electrons. The third-order valence-electron chi connectivity index (χ3n) is 4.23. The number of carbonyl (C=O) groups excluding carboxylic acids is 1. The normalized spacial score (nSPS) is 21.6. The van der Waals surface area contributed by atoms with Gasteiger partial charge < -0.3 is 14.4 Å². The Kier molecular flexibility index (Phi) is 4.99. The Morgan fingerprint density at radius 2 is 2.04 bits per heavy atom. The van der Waals surface area contributed by atoms with Crippen LogP contribution in [0.25, 0.3) is 0 Å². The van der Waals surface area contributed by atoms with Crippen molar-refractivity contribution in [3.8, 4) is 5.75 Å². The Morgan fingerprint density at radius 3 is 2.75 bits per heavy atom. The second-order valence-corrected chi connectivity index (χ2v) is 6.33. The number of amides is 1. The molecule has 1 aromatic rings. The molecule has 1 amide bonds. The van der Waals surface area contributed by atoms with Gasteiger partial charge in [0.1, 0.15) is 5.75 Å². The third-order valence-corrected chi connectivity index (χ3v) is 4.23. The van der Waals surface area contributed by atoms with Gasteiger partial charge in [-0.3, -0.25) is 4.79 Å². The second kappa shape index (κ2) is 7.01. The van der Waals surface area contributed by atoms with Crippen LogP contribution in [0.5, 0.6) is 5.75 Å². The van der Waals surface area contributed by atoms with Crippen LogP contribution >= 0.6 is 0 Å². The van der Waals surface area contributed by atoms with Crippen molar-refractivity contribution in [1.82, 2.24) is 4.90 Å². The smallest absolute Gasteiger partial charge is 0.406 e. The summed E-state index contributed by atoms with van der Waals surface area (Å²) in [7, 11) is 0. The predicted molar refractivity (Wildman–Crippen MR) is 80.2 cm³/mol. The Morgan fingerprint density at radius 1 is 1.25 bits per heavy atom. The first-order valence-corrected chi connectivity index (χ1v) is 8.16. The Balaban J connectivity index is 1.51. The van der Waals surface area contributed by atoms with Crippen LogP contribution in [0.1, 0.15) is 31.2 Å². The second-order valence-electron chi connectivity index (χ2n) is 6.33. The van der Waals surface area contributed by atoms with Crippen molar-refractivity contribution in [2.45, 2.75) is 44.8 Å². The minimum atomic E-state index is -4.70. The molecule has 1 atom stereocenters. The van der Waals surface area contributed by atoms with E-state index >= 15 is 0 Å². The number of piperidine rings is 1. The molecule has 1 aliphatic heterocycles. The zero-order valence-electron chi connectivity index (χ0n) is 13.2. The number of benzene rings is 1. The largest absolute Gasteiger partial charge is 0.573 e. The lowest BCUT2D eigenvalue weighted by Gasteiger charge is -2.33. The van der Waals surface area contributed by atoms with E-state index in [4.69, 9.17) is 4.74 Å². The van der Waals surface area contributed by atoms with Crippen molar-refractivity contribution in [2.24, 2.45) is 5.92 Å². The molecule has 2 aliphatic rings. The maximum atomic E-state index is 12.2. The fourth-order valence-electron chi connectivity index (χ4n) is 2.91. The molecule has 1 saturated carbocycles. The molecular formula is C17H20F3NO3. The van der Waals surface area contributed by atoms with Gasteiger partial charge in [-0.1, -0.05) is 12.1 Å². The van der Waals surface area contributed by atoms with Crippen LogP contribution in [0.2, 0.25) is 0 Å². The van der Waals surface area contributed by atoms with Gasteiger partial charge in [0.2, 0.25) is 5.91 Å². The van der Waals surface area contributed by atoms with Gasteiger partial charge in [0, 0.05) is 19.0 Å². The average Bonchev–Trinajstić information content (AvgIpc) is 3.36. The summed E-state index contributed by atoms with van der Waals surface area (Å²) in [5.41, 5.74) is 0.613. The van der Waals surface area contributed by atoms with Crippen molar-refractivity contribution in [3.63, 3.8) is 0 Å². The van der Waals surface area contributed by atoms with Crippen LogP contribution in [0.4, 0.5) is 13.2 Å². The van der Waals surface area contributed by atoms with E-state index in [1.807, 2.05) is 4.90 Å². The number of hydrogen-bond donors (Lipinski definition) is 0. The van der Waals surface area contributed by atoms with E-state index in [1.165, 1.54) is 18.2 Å². The van der Waals surface area contributed by atoms with Crippen molar-refractivity contribution in [1.29, 1.82) is 0 Å². The van der Waals surface area contributed by atoms with Gasteiger partial charge in [0.15, 0.2) is 0 Å². The van der Waals surface area contributed by atoms with Crippen molar-refractivity contribution in [3.05, 3.63) is 29.8 Å². The summed E-state index contributed by atoms with van der Waals surface area (Å²) in [4.78, 5) is 14.0. The summed E-state index contributed by atoms with van der Waals surface area (Å²) in [6.07, 6.45) is -1.08. The van der Waals surface area contributed by atoms with E-state index in [1.54, 1.807) is 6.07 Å². The first kappa shape index (κ1) is 17.1. The Bertz CT molecular complexity index is 587. The SMILES string of the molecule is O=C(C1CC1)N1CCCC(OCc2cccc(OC(F)(F)F)c2)C1. The highest BCUT2D eigenvalue weighted by Gasteiger charge is 2.35. The first-order chi connectivity index (χ1) is 11.4. The number of nitrogens with zero attached hydrogens (tertiary/aromatic N) is 1. The summed E-state index contributed by atoms with van der Waals surface area (Å²) in [5, 5.41) is 0. The van der Waals surface area contributed by atoms with Gasteiger partial charge in [0.05, 0.1) is 12.7 Å². The number of alkyl halides is 3. The summed E-state index contributed by atoms with van der Waals surface area (Å²) >= 11 is 0. The average molecular weight is 343 g/mol. The zero-order valence-corrected chi connectivity index (χ0v) is 13.2. The summed E-state index contributed by atoms with van der Waals surface area (Å²) in [6.45, 7) is 1.53. The topological polar surface area (TPSA) is 38.8 Å². The molecule has 0 bridgehead atoms. The first-order valence-electron chi connectivity index (χ1n) is 8.16. The summed E-state index contributed by atoms with van der Waals surface area (Å²) in [5.74, 6) is 0.154. The molecule has 0 aromatic heterocycles. The van der Waals surface area contributed by atoms with Crippen LogP contribution in [-0.4, -0.2) is 36.4 Å². The van der Waals surface area contributed by atoms with Crippen LogP contribution in [-0.2, 0) is 16.1 Å². The van der Waals surface area contributed by atoms with Gasteiger partial charge in [0.25, 0.3) is 0 Å². The van der Waals surface area contributed by atoms with Gasteiger partial charge in [-0.15, -0.1) is 13.2 Å². The van der Waals surface area contributed by atoms with Gasteiger partial charge in [-0.25, -0.2) is 0 Å². The molecule has 0 N–H and O–H groups in total. The minimum absolute atomic E-state index is 0.0753. The molecule has 132 valence electrons. The molecule has 1 unspecified atom stereocenters. The number of carbonyl (C=O) groups is 1. The number of hydrogen-bond acceptors (Lipinski definition) is 3. The predicted octanol–water partition coefficient (Wildman–Crippen LogP) is 3.50. The summed E-state index contributed by atoms with van der Waals surface area (Å²) < 4.78 is 46.5. The van der Waals surface area contributed by atoms with Gasteiger partial charge >= 0.3 is 6.36 Å². The highest BCUT2D eigenvalue weighted by Crippen LogP contribution is 2.32. The lowest BCUT2D eigenvalue weighted by atomic mass is 10.1. The Hall–Kier alpha value is -1.76. The molecule has 1 aliphatic carbocycles. The fraction of sp³-hybridized carbons (Fsp3) is 0.588. The maximum Gasteiger partial charge on any atom is 0.573 e. The molecule has 7 heteroatoms. The lowest BCUT2D eigenvalue weighted by Crippen LogP contribution is -2.43. The van der Waals surface area contributed by atoms with Crippen molar-refractivity contribution in [2.75, 3.05) is 13.1 Å². The standard InChI is InChI=1S/C17H20F3NO3/c18-17(19,20)24-14-4-1-3-12(9-14)11-23-15-5-2-8-21(10-15)16(22)13-6-7-13/h1,3-4,9,13,15H,2,5-8,10-11H2. The molecule has 4 nitrogen and oxygen atoms in total. The number of likely N-dealkylation sites (tertiary alicyclic amines) is 1. The van der Waals surface area contributed by atoms with Gasteiger partial charge in [-0.05, 0) is 43.4 Å². The number of ether oxygens (including phenoxy) is 2. The van der Waals surface area contributed by atoms with E-state index in [0.717, 1.165) is 32.2 Å². The monoisotopic (exact) mass is 343 g/mol.